The van der Waals surface area contributed by atoms with Crippen molar-refractivity contribution in [3.05, 3.63) is 29.3 Å². The fourth-order valence-electron chi connectivity index (χ4n) is 1.12. The van der Waals surface area contributed by atoms with Crippen LogP contribution in [0.4, 0.5) is 8.78 Å². The quantitative estimate of drug-likeness (QED) is 0.782. The van der Waals surface area contributed by atoms with Crippen LogP contribution < -0.4 is 4.89 Å². The lowest BCUT2D eigenvalue weighted by Crippen LogP contribution is -2.25. The highest BCUT2D eigenvalue weighted by molar-refractivity contribution is 7.89. The van der Waals surface area contributed by atoms with E-state index in [4.69, 9.17) is 5.11 Å². The first-order valence-electron chi connectivity index (χ1n) is 4.66. The van der Waals surface area contributed by atoms with E-state index in [1.165, 1.54) is 6.92 Å². The van der Waals surface area contributed by atoms with E-state index >= 15 is 0 Å². The van der Waals surface area contributed by atoms with E-state index in [1.54, 1.807) is 4.89 Å². The van der Waals surface area contributed by atoms with Crippen LogP contribution in [0.25, 0.3) is 0 Å². The molecule has 0 amide bonds. The molecule has 1 aromatic carbocycles. The molecule has 0 saturated carbocycles. The normalized spacial score (nSPS) is 11.5. The second-order valence-electron chi connectivity index (χ2n) is 3.06. The Hall–Kier alpha value is -1.58. The highest BCUT2D eigenvalue weighted by atomic mass is 32.2. The Kier molecular flexibility index (Phi) is 4.33. The summed E-state index contributed by atoms with van der Waals surface area (Å²) in [4.78, 5) is 15.6. The Balaban J connectivity index is 3.36. The van der Waals surface area contributed by atoms with Gasteiger partial charge in [0.2, 0.25) is 0 Å². The van der Waals surface area contributed by atoms with E-state index in [-0.39, 0.29) is 6.61 Å². The largest absolute Gasteiger partial charge is 0.477 e. The summed E-state index contributed by atoms with van der Waals surface area (Å²) >= 11 is 0. The van der Waals surface area contributed by atoms with Crippen molar-refractivity contribution in [2.75, 3.05) is 6.61 Å². The zero-order valence-electron chi connectivity index (χ0n) is 9.11. The molecule has 0 aromatic heterocycles. The fraction of sp³-hybridized carbons (Fsp3) is 0.222. The summed E-state index contributed by atoms with van der Waals surface area (Å²) < 4.78 is 49.7. The number of hydrogen-bond acceptors (Lipinski definition) is 4. The molecule has 18 heavy (non-hydrogen) atoms. The summed E-state index contributed by atoms with van der Waals surface area (Å²) in [5, 5.41) is 8.59. The Labute approximate surface area is 101 Å². The van der Waals surface area contributed by atoms with Gasteiger partial charge in [0.05, 0.1) is 6.61 Å². The van der Waals surface area contributed by atoms with Gasteiger partial charge in [-0.3, -0.25) is 4.84 Å². The molecule has 0 spiro atoms. The van der Waals surface area contributed by atoms with Crippen molar-refractivity contribution in [2.45, 2.75) is 11.8 Å². The van der Waals surface area contributed by atoms with Gasteiger partial charge in [-0.1, -0.05) is 4.89 Å². The molecule has 0 radical (unpaired) electrons. The van der Waals surface area contributed by atoms with Crippen molar-refractivity contribution in [3.8, 4) is 0 Å². The fourth-order valence-corrected chi connectivity index (χ4v) is 2.07. The Morgan fingerprint density at radius 1 is 1.44 bits per heavy atom. The zero-order valence-corrected chi connectivity index (χ0v) is 9.92. The smallest absolute Gasteiger partial charge is 0.341 e. The Bertz CT molecular complexity index is 573. The molecular weight excluding hydrogens is 272 g/mol. The van der Waals surface area contributed by atoms with Gasteiger partial charge in [-0.05, 0) is 19.1 Å². The zero-order chi connectivity index (χ0) is 13.9. The van der Waals surface area contributed by atoms with E-state index in [2.05, 4.69) is 4.84 Å². The van der Waals surface area contributed by atoms with E-state index in [0.29, 0.717) is 12.1 Å². The number of nitrogens with one attached hydrogen (secondary N) is 1. The number of hydrogen-bond donors (Lipinski definition) is 2. The Morgan fingerprint density at radius 3 is 2.56 bits per heavy atom. The van der Waals surface area contributed by atoms with E-state index < -0.39 is 38.1 Å². The number of sulfonamides is 1. The lowest BCUT2D eigenvalue weighted by molar-refractivity contribution is 0.0685. The summed E-state index contributed by atoms with van der Waals surface area (Å²) in [7, 11) is -4.40. The van der Waals surface area contributed by atoms with Crippen molar-refractivity contribution in [2.24, 2.45) is 0 Å². The minimum atomic E-state index is -4.40. The van der Waals surface area contributed by atoms with Gasteiger partial charge in [0.1, 0.15) is 16.3 Å². The summed E-state index contributed by atoms with van der Waals surface area (Å²) in [5.74, 6) is -4.96. The first kappa shape index (κ1) is 14.5. The maximum atomic E-state index is 13.6. The maximum absolute atomic E-state index is 13.6. The average Bonchev–Trinajstić information content (AvgIpc) is 2.25. The van der Waals surface area contributed by atoms with Crippen molar-refractivity contribution in [3.63, 3.8) is 0 Å². The number of halogens is 2. The summed E-state index contributed by atoms with van der Waals surface area (Å²) in [6, 6.07) is 1.16. The van der Waals surface area contributed by atoms with Crippen LogP contribution in [-0.2, 0) is 14.9 Å². The van der Waals surface area contributed by atoms with Gasteiger partial charge in [0.25, 0.3) is 10.0 Å². The lowest BCUT2D eigenvalue weighted by atomic mass is 10.2. The van der Waals surface area contributed by atoms with Crippen molar-refractivity contribution >= 4 is 16.0 Å². The number of carboxylic acid groups (broad SMARTS) is 1. The molecular formula is C9H9F2NO5S. The molecule has 0 fully saturated rings. The molecule has 2 N–H and O–H groups in total. The predicted octanol–water partition coefficient (Wildman–Crippen LogP) is 0.893. The van der Waals surface area contributed by atoms with E-state index in [0.717, 1.165) is 0 Å². The van der Waals surface area contributed by atoms with Gasteiger partial charge in [0, 0.05) is 0 Å². The molecule has 6 nitrogen and oxygen atoms in total. The highest BCUT2D eigenvalue weighted by Gasteiger charge is 2.26. The van der Waals surface area contributed by atoms with Gasteiger partial charge in [-0.2, -0.15) is 0 Å². The summed E-state index contributed by atoms with van der Waals surface area (Å²) in [5.41, 5.74) is -1.34. The van der Waals surface area contributed by atoms with Crippen LogP contribution in [0.3, 0.4) is 0 Å². The van der Waals surface area contributed by atoms with Gasteiger partial charge in [-0.15, -0.1) is 0 Å². The minimum Gasteiger partial charge on any atom is -0.477 e. The van der Waals surface area contributed by atoms with Gasteiger partial charge in [0.15, 0.2) is 5.82 Å². The molecule has 0 unspecified atom stereocenters. The molecule has 0 aliphatic heterocycles. The monoisotopic (exact) mass is 281 g/mol. The first-order valence-corrected chi connectivity index (χ1v) is 6.14. The molecule has 1 rings (SSSR count). The number of benzene rings is 1. The number of carbonyl (C=O) groups is 1. The second kappa shape index (κ2) is 5.38. The second-order valence-corrected chi connectivity index (χ2v) is 4.67. The van der Waals surface area contributed by atoms with Crippen molar-refractivity contribution in [1.29, 1.82) is 0 Å². The van der Waals surface area contributed by atoms with E-state index in [1.807, 2.05) is 0 Å². The van der Waals surface area contributed by atoms with Crippen LogP contribution >= 0.6 is 0 Å². The number of rotatable bonds is 5. The SMILES string of the molecule is CCONS(=O)(=O)c1ccc(F)c(C(=O)O)c1F. The third kappa shape index (κ3) is 2.81. The molecule has 0 aliphatic carbocycles. The molecule has 0 bridgehead atoms. The number of aromatic carboxylic acids is 1. The third-order valence-electron chi connectivity index (χ3n) is 1.87. The number of carboxylic acids is 1. The van der Waals surface area contributed by atoms with Gasteiger partial charge >= 0.3 is 5.97 Å². The molecule has 1 aromatic rings. The topological polar surface area (TPSA) is 92.7 Å². The van der Waals surface area contributed by atoms with Crippen molar-refractivity contribution in [1.82, 2.24) is 4.89 Å². The third-order valence-corrected chi connectivity index (χ3v) is 3.10. The van der Waals surface area contributed by atoms with Gasteiger partial charge in [-0.25, -0.2) is 22.0 Å². The summed E-state index contributed by atoms with van der Waals surface area (Å²) in [6.07, 6.45) is 0. The molecule has 0 aliphatic rings. The van der Waals surface area contributed by atoms with Crippen LogP contribution in [0.1, 0.15) is 17.3 Å². The van der Waals surface area contributed by atoms with Crippen LogP contribution in [0.2, 0.25) is 0 Å². The molecule has 0 atom stereocenters. The van der Waals surface area contributed by atoms with Gasteiger partial charge < -0.3 is 5.11 Å². The average molecular weight is 281 g/mol. The predicted molar refractivity (Wildman–Crippen MR) is 55.3 cm³/mol. The van der Waals surface area contributed by atoms with Crippen LogP contribution in [0.15, 0.2) is 17.0 Å². The molecule has 100 valence electrons. The molecule has 0 saturated heterocycles. The maximum Gasteiger partial charge on any atom is 0.341 e. The first-order chi connectivity index (χ1) is 8.31. The minimum absolute atomic E-state index is 0.0200. The van der Waals surface area contributed by atoms with E-state index in [9.17, 15) is 22.0 Å². The van der Waals surface area contributed by atoms with Crippen LogP contribution in [0.5, 0.6) is 0 Å². The molecule has 0 heterocycles. The van der Waals surface area contributed by atoms with Crippen LogP contribution in [0, 0.1) is 11.6 Å². The lowest BCUT2D eigenvalue weighted by Gasteiger charge is -2.08. The standard InChI is InChI=1S/C9H9F2NO5S/c1-2-17-12-18(15,16)6-4-3-5(10)7(8(6)11)9(13)14/h3-4,12H,2H2,1H3,(H,13,14). The highest BCUT2D eigenvalue weighted by Crippen LogP contribution is 2.20. The Morgan fingerprint density at radius 2 is 2.06 bits per heavy atom. The van der Waals surface area contributed by atoms with Crippen molar-refractivity contribution < 1.29 is 31.9 Å². The molecule has 9 heteroatoms. The summed E-state index contributed by atoms with van der Waals surface area (Å²) in [6.45, 7) is 1.46. The van der Waals surface area contributed by atoms with Crippen LogP contribution in [-0.4, -0.2) is 26.1 Å².